The Labute approximate surface area is 174 Å². The molecule has 2 saturated heterocycles. The molecule has 0 saturated carbocycles. The Bertz CT molecular complexity index is 653. The molecule has 0 bridgehead atoms. The molecular weight excluding hydrogens is 368 g/mol. The standard InChI is InChI=1S/C22H36N4O3/c1-4-29-20-8-6-5-7-19(20)25-11-9-24(10-12-25)17-21(27)23-18-22(2,3)26-13-15-28-16-14-26/h5-8H,4,9-18H2,1-3H3,(H,23,27)/p+2. The Morgan fingerprint density at radius 3 is 2.55 bits per heavy atom. The number of para-hydroxylation sites is 2. The van der Waals surface area contributed by atoms with Crippen LogP contribution >= 0.6 is 0 Å². The fourth-order valence-electron chi connectivity index (χ4n) is 4.27. The second-order valence-corrected chi connectivity index (χ2v) is 8.69. The summed E-state index contributed by atoms with van der Waals surface area (Å²) in [6.45, 7) is 15.9. The van der Waals surface area contributed by atoms with Crippen molar-refractivity contribution >= 4 is 11.6 Å². The summed E-state index contributed by atoms with van der Waals surface area (Å²) in [6, 6.07) is 8.23. The number of rotatable bonds is 8. The van der Waals surface area contributed by atoms with Crippen molar-refractivity contribution in [3.05, 3.63) is 24.3 Å². The molecular formula is C22H38N4O3+2. The van der Waals surface area contributed by atoms with Crippen LogP contribution in [0.5, 0.6) is 5.75 Å². The van der Waals surface area contributed by atoms with E-state index in [0.717, 1.165) is 63.9 Å². The zero-order valence-corrected chi connectivity index (χ0v) is 18.3. The zero-order chi connectivity index (χ0) is 20.7. The summed E-state index contributed by atoms with van der Waals surface area (Å²) in [5.41, 5.74) is 1.20. The molecule has 162 valence electrons. The molecule has 0 spiro atoms. The maximum atomic E-state index is 12.5. The van der Waals surface area contributed by atoms with Gasteiger partial charge in [-0.05, 0) is 32.9 Å². The van der Waals surface area contributed by atoms with Gasteiger partial charge in [0.05, 0.1) is 58.2 Å². The van der Waals surface area contributed by atoms with Crippen molar-refractivity contribution in [2.45, 2.75) is 26.3 Å². The number of morpholine rings is 1. The lowest BCUT2D eigenvalue weighted by molar-refractivity contribution is -0.954. The van der Waals surface area contributed by atoms with Crippen LogP contribution in [0.3, 0.4) is 0 Å². The smallest absolute Gasteiger partial charge is 0.275 e. The van der Waals surface area contributed by atoms with Gasteiger partial charge in [-0.15, -0.1) is 0 Å². The van der Waals surface area contributed by atoms with E-state index >= 15 is 0 Å². The summed E-state index contributed by atoms with van der Waals surface area (Å²) in [5, 5.41) is 3.18. The molecule has 1 aromatic carbocycles. The Kier molecular flexibility index (Phi) is 7.75. The molecule has 0 atom stereocenters. The number of nitrogens with one attached hydrogen (secondary N) is 3. The largest absolute Gasteiger partial charge is 0.492 e. The molecule has 0 aromatic heterocycles. The van der Waals surface area contributed by atoms with Gasteiger partial charge in [0, 0.05) is 0 Å². The van der Waals surface area contributed by atoms with E-state index in [-0.39, 0.29) is 11.4 Å². The molecule has 7 nitrogen and oxygen atoms in total. The number of hydrogen-bond acceptors (Lipinski definition) is 4. The van der Waals surface area contributed by atoms with Gasteiger partial charge in [0.1, 0.15) is 24.4 Å². The van der Waals surface area contributed by atoms with Crippen molar-refractivity contribution in [1.82, 2.24) is 5.32 Å². The lowest BCUT2D eigenvalue weighted by Gasteiger charge is -2.38. The molecule has 2 heterocycles. The third-order valence-electron chi connectivity index (χ3n) is 6.17. The highest BCUT2D eigenvalue weighted by Crippen LogP contribution is 2.27. The summed E-state index contributed by atoms with van der Waals surface area (Å²) in [6.07, 6.45) is 0. The molecule has 2 aliphatic heterocycles. The summed E-state index contributed by atoms with van der Waals surface area (Å²) >= 11 is 0. The second kappa shape index (κ2) is 10.3. The fourth-order valence-corrected chi connectivity index (χ4v) is 4.27. The van der Waals surface area contributed by atoms with Crippen LogP contribution in [-0.4, -0.2) is 83.6 Å². The highest BCUT2D eigenvalue weighted by molar-refractivity contribution is 5.76. The minimum Gasteiger partial charge on any atom is -0.492 e. The third kappa shape index (κ3) is 6.07. The van der Waals surface area contributed by atoms with E-state index in [2.05, 4.69) is 36.2 Å². The average molecular weight is 407 g/mol. The summed E-state index contributed by atoms with van der Waals surface area (Å²) in [5.74, 6) is 1.10. The molecule has 0 aliphatic carbocycles. The SMILES string of the molecule is CCOc1ccccc1N1CC[NH+](CC(=O)NCC(C)(C)[NH+]2CCOCC2)CC1. The van der Waals surface area contributed by atoms with Gasteiger partial charge in [-0.25, -0.2) is 0 Å². The van der Waals surface area contributed by atoms with Crippen molar-refractivity contribution in [3.63, 3.8) is 0 Å². The van der Waals surface area contributed by atoms with Crippen LogP contribution in [0.1, 0.15) is 20.8 Å². The van der Waals surface area contributed by atoms with Crippen molar-refractivity contribution in [2.75, 3.05) is 77.1 Å². The molecule has 2 fully saturated rings. The van der Waals surface area contributed by atoms with Crippen LogP contribution in [0, 0.1) is 0 Å². The van der Waals surface area contributed by atoms with Crippen molar-refractivity contribution in [3.8, 4) is 5.75 Å². The Morgan fingerprint density at radius 2 is 1.86 bits per heavy atom. The Hall–Kier alpha value is -1.83. The van der Waals surface area contributed by atoms with Gasteiger partial charge in [-0.2, -0.15) is 0 Å². The Morgan fingerprint density at radius 1 is 1.17 bits per heavy atom. The van der Waals surface area contributed by atoms with Crippen LogP contribution < -0.4 is 24.8 Å². The van der Waals surface area contributed by atoms with Crippen LogP contribution in [-0.2, 0) is 9.53 Å². The predicted molar refractivity (Wildman–Crippen MR) is 114 cm³/mol. The van der Waals surface area contributed by atoms with E-state index in [1.807, 2.05) is 19.1 Å². The number of amides is 1. The third-order valence-corrected chi connectivity index (χ3v) is 6.17. The normalized spacial score (nSPS) is 19.2. The van der Waals surface area contributed by atoms with E-state index in [1.54, 1.807) is 0 Å². The van der Waals surface area contributed by atoms with Gasteiger partial charge in [0.25, 0.3) is 5.91 Å². The first kappa shape index (κ1) is 21.9. The number of hydrogen-bond donors (Lipinski definition) is 3. The van der Waals surface area contributed by atoms with E-state index in [4.69, 9.17) is 9.47 Å². The van der Waals surface area contributed by atoms with Gasteiger partial charge < -0.3 is 29.5 Å². The molecule has 0 radical (unpaired) electrons. The van der Waals surface area contributed by atoms with Crippen LogP contribution in [0.25, 0.3) is 0 Å². The maximum Gasteiger partial charge on any atom is 0.275 e. The molecule has 29 heavy (non-hydrogen) atoms. The highest BCUT2D eigenvalue weighted by Gasteiger charge is 2.33. The number of nitrogens with zero attached hydrogens (tertiary/aromatic N) is 1. The number of piperazine rings is 1. The van der Waals surface area contributed by atoms with Crippen molar-refractivity contribution in [1.29, 1.82) is 0 Å². The van der Waals surface area contributed by atoms with Gasteiger partial charge in [0.15, 0.2) is 6.54 Å². The minimum atomic E-state index is 0.0382. The number of ether oxygens (including phenoxy) is 2. The van der Waals surface area contributed by atoms with Crippen molar-refractivity contribution < 1.29 is 24.1 Å². The molecule has 2 aliphatic rings. The first-order valence-electron chi connectivity index (χ1n) is 11.0. The number of anilines is 1. The fraction of sp³-hybridized carbons (Fsp3) is 0.682. The second-order valence-electron chi connectivity index (χ2n) is 8.69. The minimum absolute atomic E-state index is 0.0382. The number of carbonyl (C=O) groups excluding carboxylic acids is 1. The quantitative estimate of drug-likeness (QED) is 0.497. The first-order valence-corrected chi connectivity index (χ1v) is 11.0. The van der Waals surface area contributed by atoms with Gasteiger partial charge >= 0.3 is 0 Å². The van der Waals surface area contributed by atoms with Crippen LogP contribution in [0.2, 0.25) is 0 Å². The monoisotopic (exact) mass is 406 g/mol. The molecule has 1 aromatic rings. The lowest BCUT2D eigenvalue weighted by Crippen LogP contribution is -3.22. The van der Waals surface area contributed by atoms with Crippen molar-refractivity contribution in [2.24, 2.45) is 0 Å². The zero-order valence-electron chi connectivity index (χ0n) is 18.3. The van der Waals surface area contributed by atoms with E-state index in [1.165, 1.54) is 9.80 Å². The predicted octanol–water partition coefficient (Wildman–Crippen LogP) is -1.40. The van der Waals surface area contributed by atoms with Gasteiger partial charge in [-0.1, -0.05) is 12.1 Å². The number of quaternary nitrogens is 2. The van der Waals surface area contributed by atoms with E-state index in [9.17, 15) is 4.79 Å². The lowest BCUT2D eigenvalue weighted by atomic mass is 10.0. The molecule has 3 N–H and O–H groups in total. The van der Waals surface area contributed by atoms with Crippen LogP contribution in [0.4, 0.5) is 5.69 Å². The Balaban J connectivity index is 1.43. The maximum absolute atomic E-state index is 12.5. The number of benzene rings is 1. The summed E-state index contributed by atoms with van der Waals surface area (Å²) in [7, 11) is 0. The molecule has 0 unspecified atom stereocenters. The molecule has 1 amide bonds. The average Bonchev–Trinajstić information content (AvgIpc) is 2.74. The van der Waals surface area contributed by atoms with E-state index < -0.39 is 0 Å². The van der Waals surface area contributed by atoms with E-state index in [0.29, 0.717) is 19.7 Å². The summed E-state index contributed by atoms with van der Waals surface area (Å²) in [4.78, 5) is 17.8. The first-order chi connectivity index (χ1) is 14.0. The topological polar surface area (TPSA) is 59.7 Å². The highest BCUT2D eigenvalue weighted by atomic mass is 16.5. The summed E-state index contributed by atoms with van der Waals surface area (Å²) < 4.78 is 11.2. The van der Waals surface area contributed by atoms with Gasteiger partial charge in [-0.3, -0.25) is 4.79 Å². The van der Waals surface area contributed by atoms with Crippen LogP contribution in [0.15, 0.2) is 24.3 Å². The number of carbonyl (C=O) groups is 1. The molecule has 3 rings (SSSR count). The molecule has 7 heteroatoms. The van der Waals surface area contributed by atoms with Gasteiger partial charge in [0.2, 0.25) is 0 Å².